The van der Waals surface area contributed by atoms with Gasteiger partial charge in [-0.05, 0) is 45.0 Å². The Balaban J connectivity index is 0.000000204. The number of nitriles is 1. The second-order valence-electron chi connectivity index (χ2n) is 5.87. The number of nitro groups is 1. The molecular weight excluding hydrogens is 360 g/mol. The third-order valence-corrected chi connectivity index (χ3v) is 3.69. The van der Waals surface area contributed by atoms with E-state index in [0.29, 0.717) is 0 Å². The molecule has 3 rings (SSSR count). The SMILES string of the molecule is Cc1ccc(C#N)cc1.Cc1ccc(Cl)cc1.Cc1ccc([N+](=O)[O-])cc1. The zero-order chi connectivity index (χ0) is 20.2. The number of aryl methyl sites for hydroxylation is 3. The smallest absolute Gasteiger partial charge is 0.258 e. The fraction of sp³-hybridized carbons (Fsp3) is 0.136. The van der Waals surface area contributed by atoms with E-state index < -0.39 is 4.92 Å². The average Bonchev–Trinajstić information content (AvgIpc) is 2.66. The third kappa shape index (κ3) is 9.20. The maximum Gasteiger partial charge on any atom is 0.269 e. The summed E-state index contributed by atoms with van der Waals surface area (Å²) in [6.45, 7) is 5.93. The van der Waals surface area contributed by atoms with Gasteiger partial charge in [-0.1, -0.05) is 64.7 Å². The summed E-state index contributed by atoms with van der Waals surface area (Å²) in [7, 11) is 0. The van der Waals surface area contributed by atoms with Crippen molar-refractivity contribution in [1.29, 1.82) is 5.26 Å². The number of halogens is 1. The summed E-state index contributed by atoms with van der Waals surface area (Å²) in [6, 6.07) is 23.7. The minimum absolute atomic E-state index is 0.144. The zero-order valence-corrected chi connectivity index (χ0v) is 16.3. The van der Waals surface area contributed by atoms with Crippen LogP contribution in [0.2, 0.25) is 5.02 Å². The highest BCUT2D eigenvalue weighted by molar-refractivity contribution is 6.30. The molecule has 5 heteroatoms. The fourth-order valence-corrected chi connectivity index (χ4v) is 1.95. The lowest BCUT2D eigenvalue weighted by Gasteiger charge is -1.90. The second kappa shape index (κ2) is 11.5. The van der Waals surface area contributed by atoms with Crippen molar-refractivity contribution in [2.75, 3.05) is 0 Å². The largest absolute Gasteiger partial charge is 0.269 e. The van der Waals surface area contributed by atoms with Crippen LogP contribution in [0, 0.1) is 42.2 Å². The molecule has 0 unspecified atom stereocenters. The molecule has 27 heavy (non-hydrogen) atoms. The van der Waals surface area contributed by atoms with Crippen LogP contribution >= 0.6 is 11.6 Å². The van der Waals surface area contributed by atoms with Gasteiger partial charge in [0.25, 0.3) is 5.69 Å². The Hall–Kier alpha value is -3.16. The first-order valence-corrected chi connectivity index (χ1v) is 8.59. The van der Waals surface area contributed by atoms with Crippen molar-refractivity contribution in [2.24, 2.45) is 0 Å². The Labute approximate surface area is 164 Å². The molecule has 0 saturated heterocycles. The van der Waals surface area contributed by atoms with E-state index >= 15 is 0 Å². The Morgan fingerprint density at radius 3 is 1.48 bits per heavy atom. The van der Waals surface area contributed by atoms with E-state index in [2.05, 4.69) is 6.07 Å². The van der Waals surface area contributed by atoms with Gasteiger partial charge >= 0.3 is 0 Å². The molecule has 0 N–H and O–H groups in total. The average molecular weight is 381 g/mol. The predicted molar refractivity (Wildman–Crippen MR) is 110 cm³/mol. The lowest BCUT2D eigenvalue weighted by Crippen LogP contribution is -1.86. The van der Waals surface area contributed by atoms with Gasteiger partial charge in [-0.2, -0.15) is 5.26 Å². The lowest BCUT2D eigenvalue weighted by molar-refractivity contribution is -0.384. The van der Waals surface area contributed by atoms with E-state index in [0.717, 1.165) is 16.1 Å². The fourth-order valence-electron chi connectivity index (χ4n) is 1.83. The molecule has 3 aromatic carbocycles. The summed E-state index contributed by atoms with van der Waals surface area (Å²) >= 11 is 5.61. The lowest BCUT2D eigenvalue weighted by atomic mass is 10.2. The zero-order valence-electron chi connectivity index (χ0n) is 15.5. The summed E-state index contributed by atoms with van der Waals surface area (Å²) in [6.07, 6.45) is 0. The predicted octanol–water partition coefficient (Wildman–Crippen LogP) is 6.42. The van der Waals surface area contributed by atoms with Crippen molar-refractivity contribution >= 4 is 17.3 Å². The van der Waals surface area contributed by atoms with Crippen molar-refractivity contribution in [3.63, 3.8) is 0 Å². The first-order chi connectivity index (χ1) is 12.8. The Morgan fingerprint density at radius 1 is 0.778 bits per heavy atom. The molecule has 0 heterocycles. The maximum absolute atomic E-state index is 10.1. The van der Waals surface area contributed by atoms with E-state index in [9.17, 15) is 10.1 Å². The monoisotopic (exact) mass is 380 g/mol. The summed E-state index contributed by atoms with van der Waals surface area (Å²) in [5, 5.41) is 19.3. The van der Waals surface area contributed by atoms with Crippen molar-refractivity contribution in [1.82, 2.24) is 0 Å². The summed E-state index contributed by atoms with van der Waals surface area (Å²) in [5.74, 6) is 0. The number of rotatable bonds is 1. The van der Waals surface area contributed by atoms with E-state index in [1.807, 2.05) is 69.3 Å². The standard InChI is InChI=1S/C8H7N.C7H7Cl.C7H7NO2/c1-7-2-4-8(6-9)5-3-7;1-6-2-4-7(8)5-3-6;1-6-2-4-7(5-3-6)8(9)10/h2-5H,1H3;2-5H,1H3;2-5H,1H3. The quantitative estimate of drug-likeness (QED) is 0.361. The molecule has 0 spiro atoms. The van der Waals surface area contributed by atoms with Crippen LogP contribution in [0.3, 0.4) is 0 Å². The van der Waals surface area contributed by atoms with E-state index in [1.54, 1.807) is 12.1 Å². The van der Waals surface area contributed by atoms with Crippen LogP contribution in [-0.2, 0) is 0 Å². The van der Waals surface area contributed by atoms with Gasteiger partial charge in [0, 0.05) is 17.2 Å². The molecule has 0 bridgehead atoms. The van der Waals surface area contributed by atoms with Gasteiger partial charge in [-0.3, -0.25) is 10.1 Å². The van der Waals surface area contributed by atoms with Gasteiger partial charge in [0.15, 0.2) is 0 Å². The molecule has 0 aliphatic heterocycles. The molecule has 138 valence electrons. The van der Waals surface area contributed by atoms with E-state index in [-0.39, 0.29) is 5.69 Å². The van der Waals surface area contributed by atoms with E-state index in [4.69, 9.17) is 16.9 Å². The second-order valence-corrected chi connectivity index (χ2v) is 6.30. The highest BCUT2D eigenvalue weighted by atomic mass is 35.5. The summed E-state index contributed by atoms with van der Waals surface area (Å²) in [4.78, 5) is 9.71. The van der Waals surface area contributed by atoms with Gasteiger partial charge in [0.05, 0.1) is 16.6 Å². The highest BCUT2D eigenvalue weighted by Crippen LogP contribution is 2.10. The molecule has 0 atom stereocenters. The van der Waals surface area contributed by atoms with Gasteiger partial charge in [-0.15, -0.1) is 0 Å². The summed E-state index contributed by atoms with van der Waals surface area (Å²) in [5.41, 5.74) is 4.33. The number of hydrogen-bond donors (Lipinski definition) is 0. The van der Waals surface area contributed by atoms with Crippen LogP contribution in [-0.4, -0.2) is 4.92 Å². The van der Waals surface area contributed by atoms with Crippen LogP contribution in [0.25, 0.3) is 0 Å². The highest BCUT2D eigenvalue weighted by Gasteiger charge is 2.00. The van der Waals surface area contributed by atoms with Crippen LogP contribution < -0.4 is 0 Å². The maximum atomic E-state index is 10.1. The normalized spacial score (nSPS) is 9.00. The van der Waals surface area contributed by atoms with Crippen LogP contribution in [0.4, 0.5) is 5.69 Å². The van der Waals surface area contributed by atoms with Gasteiger partial charge in [0.2, 0.25) is 0 Å². The molecule has 0 aromatic heterocycles. The van der Waals surface area contributed by atoms with Crippen LogP contribution in [0.15, 0.2) is 72.8 Å². The topological polar surface area (TPSA) is 66.9 Å². The molecular formula is C22H21ClN2O2. The number of non-ortho nitro benzene ring substituents is 1. The minimum atomic E-state index is -0.403. The number of benzene rings is 3. The summed E-state index contributed by atoms with van der Waals surface area (Å²) < 4.78 is 0. The van der Waals surface area contributed by atoms with Crippen LogP contribution in [0.1, 0.15) is 22.3 Å². The number of nitro benzene ring substituents is 1. The molecule has 4 nitrogen and oxygen atoms in total. The number of nitrogens with zero attached hydrogens (tertiary/aromatic N) is 2. The first-order valence-electron chi connectivity index (χ1n) is 8.22. The van der Waals surface area contributed by atoms with E-state index in [1.165, 1.54) is 23.3 Å². The molecule has 0 amide bonds. The Morgan fingerprint density at radius 2 is 1.15 bits per heavy atom. The van der Waals surface area contributed by atoms with Crippen molar-refractivity contribution < 1.29 is 4.92 Å². The van der Waals surface area contributed by atoms with Gasteiger partial charge < -0.3 is 0 Å². The van der Waals surface area contributed by atoms with Crippen LogP contribution in [0.5, 0.6) is 0 Å². The van der Waals surface area contributed by atoms with Crippen molar-refractivity contribution in [3.05, 3.63) is 110 Å². The minimum Gasteiger partial charge on any atom is -0.258 e. The van der Waals surface area contributed by atoms with Crippen molar-refractivity contribution in [2.45, 2.75) is 20.8 Å². The van der Waals surface area contributed by atoms with Gasteiger partial charge in [0.1, 0.15) is 0 Å². The molecule has 0 aliphatic rings. The van der Waals surface area contributed by atoms with Crippen molar-refractivity contribution in [3.8, 4) is 6.07 Å². The van der Waals surface area contributed by atoms with Gasteiger partial charge in [-0.25, -0.2) is 0 Å². The Bertz CT molecular complexity index is 861. The molecule has 0 radical (unpaired) electrons. The molecule has 0 saturated carbocycles. The molecule has 3 aromatic rings. The third-order valence-electron chi connectivity index (χ3n) is 3.44. The number of hydrogen-bond acceptors (Lipinski definition) is 3. The molecule has 0 fully saturated rings. The molecule has 0 aliphatic carbocycles. The Kier molecular flexibility index (Phi) is 9.28. The first kappa shape index (κ1) is 21.9.